The van der Waals surface area contributed by atoms with Gasteiger partial charge < -0.3 is 10.1 Å². The van der Waals surface area contributed by atoms with Gasteiger partial charge in [0.1, 0.15) is 17.0 Å². The molecule has 0 fully saturated rings. The van der Waals surface area contributed by atoms with Gasteiger partial charge in [0.15, 0.2) is 0 Å². The molecule has 3 rings (SSSR count). The third-order valence-electron chi connectivity index (χ3n) is 3.88. The smallest absolute Gasteiger partial charge is 0.270 e. The molecule has 6 heteroatoms. The Kier molecular flexibility index (Phi) is 4.79. The lowest BCUT2D eigenvalue weighted by Gasteiger charge is -2.11. The zero-order valence-corrected chi connectivity index (χ0v) is 14.2. The highest BCUT2D eigenvalue weighted by Gasteiger charge is 2.14. The van der Waals surface area contributed by atoms with Crippen LogP contribution in [0.1, 0.15) is 28.4 Å². The number of carbonyl (C=O) groups excluding carboxylic acids is 1. The molecule has 0 aliphatic rings. The quantitative estimate of drug-likeness (QED) is 0.775. The molecule has 0 bridgehead atoms. The van der Waals surface area contributed by atoms with Crippen LogP contribution >= 0.6 is 0 Å². The summed E-state index contributed by atoms with van der Waals surface area (Å²) in [7, 11) is 0. The fourth-order valence-electron chi connectivity index (χ4n) is 2.62. The zero-order chi connectivity index (χ0) is 17.8. The number of aromatic nitrogens is 2. The van der Waals surface area contributed by atoms with Gasteiger partial charge in [-0.05, 0) is 31.5 Å². The highest BCUT2D eigenvalue weighted by atomic mass is 16.5. The summed E-state index contributed by atoms with van der Waals surface area (Å²) in [5, 5.41) is 2.76. The van der Waals surface area contributed by atoms with Crippen LogP contribution in [-0.4, -0.2) is 21.9 Å². The lowest BCUT2D eigenvalue weighted by Crippen LogP contribution is -2.31. The molecule has 0 saturated heterocycles. The number of rotatable bonds is 5. The zero-order valence-electron chi connectivity index (χ0n) is 14.2. The van der Waals surface area contributed by atoms with Gasteiger partial charge in [-0.25, -0.2) is 4.98 Å². The molecule has 1 amide bonds. The van der Waals surface area contributed by atoms with Crippen LogP contribution in [0.5, 0.6) is 5.75 Å². The number of pyridine rings is 1. The van der Waals surface area contributed by atoms with Crippen LogP contribution in [0, 0.1) is 6.92 Å². The van der Waals surface area contributed by atoms with Crippen LogP contribution < -0.4 is 15.6 Å². The van der Waals surface area contributed by atoms with E-state index < -0.39 is 5.91 Å². The van der Waals surface area contributed by atoms with Crippen molar-refractivity contribution in [2.24, 2.45) is 0 Å². The first-order valence-corrected chi connectivity index (χ1v) is 8.07. The van der Waals surface area contributed by atoms with Crippen LogP contribution in [0.15, 0.2) is 53.6 Å². The summed E-state index contributed by atoms with van der Waals surface area (Å²) < 4.78 is 6.93. The molecule has 0 atom stereocenters. The molecule has 2 aromatic heterocycles. The number of nitrogens with one attached hydrogen (secondary N) is 1. The summed E-state index contributed by atoms with van der Waals surface area (Å²) in [6, 6.07) is 11.1. The molecule has 1 aromatic carbocycles. The number of hydrogen-bond acceptors (Lipinski definition) is 4. The Hall–Kier alpha value is -3.15. The summed E-state index contributed by atoms with van der Waals surface area (Å²) in [6.07, 6.45) is 2.94. The SMILES string of the molecule is CCOc1ccccc1CNC(=O)c1cnc2c(C)cccn2c1=O. The van der Waals surface area contributed by atoms with Crippen LogP contribution in [0.4, 0.5) is 0 Å². The predicted molar refractivity (Wildman–Crippen MR) is 95.0 cm³/mol. The van der Waals surface area contributed by atoms with Crippen molar-refractivity contribution < 1.29 is 9.53 Å². The maximum Gasteiger partial charge on any atom is 0.270 e. The third kappa shape index (κ3) is 3.38. The minimum atomic E-state index is -0.459. The van der Waals surface area contributed by atoms with Crippen molar-refractivity contribution in [3.8, 4) is 5.75 Å². The highest BCUT2D eigenvalue weighted by Crippen LogP contribution is 2.17. The van der Waals surface area contributed by atoms with Gasteiger partial charge in [-0.1, -0.05) is 24.3 Å². The lowest BCUT2D eigenvalue weighted by atomic mass is 10.2. The number of hydrogen-bond donors (Lipinski definition) is 1. The molecular weight excluding hydrogens is 318 g/mol. The van der Waals surface area contributed by atoms with E-state index >= 15 is 0 Å². The summed E-state index contributed by atoms with van der Waals surface area (Å²) in [5.74, 6) is 0.258. The molecule has 0 radical (unpaired) electrons. The first-order chi connectivity index (χ1) is 12.1. The Balaban J connectivity index is 1.84. The number of amides is 1. The Morgan fingerprint density at radius 2 is 2.04 bits per heavy atom. The molecule has 2 heterocycles. The number of para-hydroxylation sites is 1. The van der Waals surface area contributed by atoms with Crippen molar-refractivity contribution in [3.63, 3.8) is 0 Å². The van der Waals surface area contributed by atoms with Gasteiger partial charge in [0.05, 0.1) is 6.61 Å². The van der Waals surface area contributed by atoms with E-state index in [2.05, 4.69) is 10.3 Å². The molecule has 0 spiro atoms. The number of carbonyl (C=O) groups is 1. The van der Waals surface area contributed by atoms with E-state index in [9.17, 15) is 9.59 Å². The minimum Gasteiger partial charge on any atom is -0.494 e. The van der Waals surface area contributed by atoms with E-state index in [1.165, 1.54) is 10.6 Å². The molecule has 25 heavy (non-hydrogen) atoms. The fourth-order valence-corrected chi connectivity index (χ4v) is 2.62. The molecular formula is C19H19N3O3. The van der Waals surface area contributed by atoms with Gasteiger partial charge in [0.2, 0.25) is 0 Å². The van der Waals surface area contributed by atoms with Gasteiger partial charge in [-0.3, -0.25) is 14.0 Å². The highest BCUT2D eigenvalue weighted by molar-refractivity contribution is 5.93. The van der Waals surface area contributed by atoms with Crippen molar-refractivity contribution in [1.29, 1.82) is 0 Å². The largest absolute Gasteiger partial charge is 0.494 e. The van der Waals surface area contributed by atoms with Gasteiger partial charge >= 0.3 is 0 Å². The van der Waals surface area contributed by atoms with Crippen LogP contribution in [0.3, 0.4) is 0 Å². The first-order valence-electron chi connectivity index (χ1n) is 8.07. The summed E-state index contributed by atoms with van der Waals surface area (Å²) in [4.78, 5) is 29.2. The van der Waals surface area contributed by atoms with Crippen molar-refractivity contribution in [2.75, 3.05) is 6.61 Å². The van der Waals surface area contributed by atoms with Crippen molar-refractivity contribution in [1.82, 2.24) is 14.7 Å². The molecule has 3 aromatic rings. The maximum atomic E-state index is 12.5. The number of benzene rings is 1. The standard InChI is InChI=1S/C19H19N3O3/c1-3-25-16-9-5-4-8-14(16)11-21-18(23)15-12-20-17-13(2)7-6-10-22(17)19(15)24/h4-10,12H,3,11H2,1-2H3,(H,21,23). The Labute approximate surface area is 145 Å². The molecule has 6 nitrogen and oxygen atoms in total. The van der Waals surface area contributed by atoms with Crippen LogP contribution in [-0.2, 0) is 6.54 Å². The summed E-state index contributed by atoms with van der Waals surface area (Å²) >= 11 is 0. The molecule has 0 saturated carbocycles. The number of ether oxygens (including phenoxy) is 1. The van der Waals surface area contributed by atoms with E-state index in [1.54, 1.807) is 12.3 Å². The van der Waals surface area contributed by atoms with Crippen molar-refractivity contribution in [2.45, 2.75) is 20.4 Å². The van der Waals surface area contributed by atoms with Crippen molar-refractivity contribution in [3.05, 3.63) is 75.8 Å². The monoisotopic (exact) mass is 337 g/mol. The second-order valence-corrected chi connectivity index (χ2v) is 5.59. The van der Waals surface area contributed by atoms with Gasteiger partial charge in [-0.2, -0.15) is 0 Å². The second-order valence-electron chi connectivity index (χ2n) is 5.59. The maximum absolute atomic E-state index is 12.5. The topological polar surface area (TPSA) is 72.7 Å². The molecule has 0 aliphatic carbocycles. The van der Waals surface area contributed by atoms with E-state index in [4.69, 9.17) is 4.74 Å². The average Bonchev–Trinajstić information content (AvgIpc) is 2.62. The first kappa shape index (κ1) is 16.7. The normalized spacial score (nSPS) is 10.6. The van der Waals surface area contributed by atoms with E-state index in [-0.39, 0.29) is 17.7 Å². The number of nitrogens with zero attached hydrogens (tertiary/aromatic N) is 2. The number of aryl methyl sites for hydroxylation is 1. The van der Waals surface area contributed by atoms with Crippen molar-refractivity contribution >= 4 is 11.6 Å². The van der Waals surface area contributed by atoms with Gasteiger partial charge in [0, 0.05) is 24.5 Å². The number of fused-ring (bicyclic) bond motifs is 1. The van der Waals surface area contributed by atoms with Crippen LogP contribution in [0.25, 0.3) is 5.65 Å². The third-order valence-corrected chi connectivity index (χ3v) is 3.88. The van der Waals surface area contributed by atoms with E-state index in [0.717, 1.165) is 11.1 Å². The van der Waals surface area contributed by atoms with Crippen LogP contribution in [0.2, 0.25) is 0 Å². The molecule has 1 N–H and O–H groups in total. The molecule has 128 valence electrons. The van der Waals surface area contributed by atoms with E-state index in [0.29, 0.717) is 18.0 Å². The Bertz CT molecular complexity index is 979. The molecule has 0 aliphatic heterocycles. The Morgan fingerprint density at radius 1 is 1.24 bits per heavy atom. The second kappa shape index (κ2) is 7.17. The fraction of sp³-hybridized carbons (Fsp3) is 0.211. The minimum absolute atomic E-state index is 0.0111. The Morgan fingerprint density at radius 3 is 2.84 bits per heavy atom. The van der Waals surface area contributed by atoms with Gasteiger partial charge in [0.25, 0.3) is 11.5 Å². The predicted octanol–water partition coefficient (Wildman–Crippen LogP) is 2.33. The van der Waals surface area contributed by atoms with E-state index in [1.807, 2.05) is 44.2 Å². The molecule has 0 unspecified atom stereocenters. The van der Waals surface area contributed by atoms with Gasteiger partial charge in [-0.15, -0.1) is 0 Å². The summed E-state index contributed by atoms with van der Waals surface area (Å²) in [6.45, 7) is 4.58. The lowest BCUT2D eigenvalue weighted by molar-refractivity contribution is 0.0948. The average molecular weight is 337 g/mol. The summed E-state index contributed by atoms with van der Waals surface area (Å²) in [5.41, 5.74) is 1.90.